The Labute approximate surface area is 164 Å². The maximum absolute atomic E-state index is 13.9. The van der Waals surface area contributed by atoms with E-state index in [1.165, 1.54) is 18.2 Å². The van der Waals surface area contributed by atoms with Crippen LogP contribution >= 0.6 is 0 Å². The number of carbonyl (C=O) groups is 1. The van der Waals surface area contributed by atoms with Crippen LogP contribution in [-0.4, -0.2) is 21.0 Å². The van der Waals surface area contributed by atoms with Crippen LogP contribution in [0.2, 0.25) is 0 Å². The van der Waals surface area contributed by atoms with E-state index in [2.05, 4.69) is 9.97 Å². The van der Waals surface area contributed by atoms with Crippen molar-refractivity contribution in [1.29, 1.82) is 0 Å². The smallest absolute Gasteiger partial charge is 0.335 e. The lowest BCUT2D eigenvalue weighted by atomic mass is 10.0. The van der Waals surface area contributed by atoms with Crippen molar-refractivity contribution in [3.8, 4) is 17.3 Å². The predicted octanol–water partition coefficient (Wildman–Crippen LogP) is 3.86. The number of hydrogen-bond donors (Lipinski definition) is 2. The SMILES string of the molecule is CCc1c(OCc2ccc(F)cc2F)nc(-c2cc(C(=O)O)ccc2C)[nH]c1=O. The Morgan fingerprint density at radius 1 is 1.21 bits per heavy atom. The van der Waals surface area contributed by atoms with Gasteiger partial charge in [0.2, 0.25) is 5.88 Å². The molecule has 0 saturated heterocycles. The summed E-state index contributed by atoms with van der Waals surface area (Å²) in [5.41, 5.74) is 1.13. The molecule has 1 heterocycles. The Kier molecular flexibility index (Phi) is 5.72. The summed E-state index contributed by atoms with van der Waals surface area (Å²) in [6.07, 6.45) is 0.317. The van der Waals surface area contributed by atoms with Gasteiger partial charge in [-0.2, -0.15) is 4.98 Å². The zero-order valence-corrected chi connectivity index (χ0v) is 15.8. The van der Waals surface area contributed by atoms with Crippen molar-refractivity contribution in [1.82, 2.24) is 9.97 Å². The van der Waals surface area contributed by atoms with E-state index >= 15 is 0 Å². The minimum absolute atomic E-state index is 0.00935. The molecule has 3 aromatic rings. The van der Waals surface area contributed by atoms with E-state index in [1.54, 1.807) is 19.9 Å². The van der Waals surface area contributed by atoms with Crippen LogP contribution in [0.3, 0.4) is 0 Å². The third kappa shape index (κ3) is 4.31. The molecule has 2 aromatic carbocycles. The lowest BCUT2D eigenvalue weighted by molar-refractivity contribution is 0.0697. The predicted molar refractivity (Wildman–Crippen MR) is 102 cm³/mol. The first-order valence-electron chi connectivity index (χ1n) is 8.84. The van der Waals surface area contributed by atoms with E-state index < -0.39 is 23.2 Å². The average molecular weight is 400 g/mol. The number of hydrogen-bond acceptors (Lipinski definition) is 4. The second-order valence-electron chi connectivity index (χ2n) is 6.41. The maximum atomic E-state index is 13.9. The molecule has 0 atom stereocenters. The van der Waals surface area contributed by atoms with Crippen molar-refractivity contribution in [2.24, 2.45) is 0 Å². The average Bonchev–Trinajstić information content (AvgIpc) is 2.67. The van der Waals surface area contributed by atoms with Gasteiger partial charge in [0.05, 0.1) is 11.1 Å². The quantitative estimate of drug-likeness (QED) is 0.656. The van der Waals surface area contributed by atoms with Crippen LogP contribution in [0.5, 0.6) is 5.88 Å². The number of carboxylic acids is 1. The summed E-state index contributed by atoms with van der Waals surface area (Å²) in [7, 11) is 0. The standard InChI is InChI=1S/C21H18F2N2O4/c1-3-15-19(26)24-18(16-8-12(21(27)28)5-4-11(16)2)25-20(15)29-10-13-6-7-14(22)9-17(13)23/h4-9H,3,10H2,1-2H3,(H,27,28)(H,24,25,26). The molecule has 6 nitrogen and oxygen atoms in total. The third-order valence-electron chi connectivity index (χ3n) is 4.45. The van der Waals surface area contributed by atoms with Crippen LogP contribution in [0.15, 0.2) is 41.2 Å². The first kappa shape index (κ1) is 20.2. The van der Waals surface area contributed by atoms with Crippen LogP contribution in [0.1, 0.15) is 34.0 Å². The van der Waals surface area contributed by atoms with Crippen molar-refractivity contribution in [2.45, 2.75) is 26.9 Å². The van der Waals surface area contributed by atoms with E-state index in [4.69, 9.17) is 4.74 Å². The maximum Gasteiger partial charge on any atom is 0.335 e. The molecule has 0 spiro atoms. The van der Waals surface area contributed by atoms with Crippen LogP contribution in [0, 0.1) is 18.6 Å². The van der Waals surface area contributed by atoms with Gasteiger partial charge in [0, 0.05) is 17.2 Å². The fourth-order valence-electron chi connectivity index (χ4n) is 2.83. The highest BCUT2D eigenvalue weighted by atomic mass is 19.1. The Morgan fingerprint density at radius 3 is 2.62 bits per heavy atom. The van der Waals surface area contributed by atoms with Crippen LogP contribution in [-0.2, 0) is 13.0 Å². The number of nitrogens with zero attached hydrogens (tertiary/aromatic N) is 1. The van der Waals surface area contributed by atoms with Gasteiger partial charge < -0.3 is 14.8 Å². The van der Waals surface area contributed by atoms with Crippen LogP contribution in [0.4, 0.5) is 8.78 Å². The molecule has 0 aliphatic rings. The Balaban J connectivity index is 2.02. The highest BCUT2D eigenvalue weighted by Crippen LogP contribution is 2.24. The fraction of sp³-hybridized carbons (Fsp3) is 0.190. The van der Waals surface area contributed by atoms with E-state index in [0.29, 0.717) is 17.5 Å². The molecule has 0 bridgehead atoms. The Morgan fingerprint density at radius 2 is 1.97 bits per heavy atom. The second-order valence-corrected chi connectivity index (χ2v) is 6.41. The zero-order valence-electron chi connectivity index (χ0n) is 15.8. The van der Waals surface area contributed by atoms with Crippen molar-refractivity contribution < 1.29 is 23.4 Å². The molecule has 0 saturated carbocycles. The third-order valence-corrected chi connectivity index (χ3v) is 4.45. The molecule has 8 heteroatoms. The molecule has 150 valence electrons. The molecule has 3 rings (SSSR count). The van der Waals surface area contributed by atoms with Crippen molar-refractivity contribution in [2.75, 3.05) is 0 Å². The lowest BCUT2D eigenvalue weighted by Crippen LogP contribution is -2.17. The van der Waals surface area contributed by atoms with E-state index in [0.717, 1.165) is 12.1 Å². The molecule has 29 heavy (non-hydrogen) atoms. The number of H-pyrrole nitrogens is 1. The number of aromatic carboxylic acids is 1. The number of aromatic amines is 1. The molecule has 0 aliphatic heterocycles. The van der Waals surface area contributed by atoms with Gasteiger partial charge >= 0.3 is 5.97 Å². The molecule has 0 fully saturated rings. The zero-order chi connectivity index (χ0) is 21.1. The van der Waals surface area contributed by atoms with Crippen LogP contribution < -0.4 is 10.3 Å². The van der Waals surface area contributed by atoms with Gasteiger partial charge in [-0.25, -0.2) is 13.6 Å². The minimum Gasteiger partial charge on any atom is -0.478 e. The topological polar surface area (TPSA) is 92.3 Å². The van der Waals surface area contributed by atoms with Gasteiger partial charge in [-0.05, 0) is 43.2 Å². The number of aromatic nitrogens is 2. The van der Waals surface area contributed by atoms with Gasteiger partial charge in [0.1, 0.15) is 24.1 Å². The number of benzene rings is 2. The van der Waals surface area contributed by atoms with E-state index in [9.17, 15) is 23.5 Å². The molecular weight excluding hydrogens is 382 g/mol. The molecule has 2 N–H and O–H groups in total. The van der Waals surface area contributed by atoms with Gasteiger partial charge in [-0.3, -0.25) is 4.79 Å². The summed E-state index contributed by atoms with van der Waals surface area (Å²) in [6.45, 7) is 3.25. The number of halogens is 2. The minimum atomic E-state index is -1.11. The van der Waals surface area contributed by atoms with Crippen molar-refractivity contribution in [3.63, 3.8) is 0 Å². The summed E-state index contributed by atoms with van der Waals surface area (Å²) in [4.78, 5) is 30.7. The number of nitrogens with one attached hydrogen (secondary N) is 1. The Bertz CT molecular complexity index is 1140. The Hall–Kier alpha value is -3.55. The highest BCUT2D eigenvalue weighted by molar-refractivity contribution is 5.89. The number of aryl methyl sites for hydroxylation is 1. The normalized spacial score (nSPS) is 10.8. The monoisotopic (exact) mass is 400 g/mol. The van der Waals surface area contributed by atoms with Crippen molar-refractivity contribution >= 4 is 5.97 Å². The summed E-state index contributed by atoms with van der Waals surface area (Å²) in [5, 5.41) is 9.21. The largest absolute Gasteiger partial charge is 0.478 e. The van der Waals surface area contributed by atoms with Gasteiger partial charge in [0.25, 0.3) is 5.56 Å². The molecule has 0 radical (unpaired) electrons. The van der Waals surface area contributed by atoms with Gasteiger partial charge in [-0.1, -0.05) is 13.0 Å². The summed E-state index contributed by atoms with van der Waals surface area (Å²) >= 11 is 0. The molecule has 0 unspecified atom stereocenters. The molecule has 0 aliphatic carbocycles. The number of carboxylic acid groups (broad SMARTS) is 1. The summed E-state index contributed by atoms with van der Waals surface area (Å²) in [6, 6.07) is 7.59. The second kappa shape index (κ2) is 8.22. The molecular formula is C21H18F2N2O4. The fourth-order valence-corrected chi connectivity index (χ4v) is 2.83. The molecule has 0 amide bonds. The van der Waals surface area contributed by atoms with Crippen molar-refractivity contribution in [3.05, 3.63) is 80.6 Å². The number of ether oxygens (including phenoxy) is 1. The first-order valence-corrected chi connectivity index (χ1v) is 8.84. The van der Waals surface area contributed by atoms with E-state index in [1.807, 2.05) is 0 Å². The van der Waals surface area contributed by atoms with Crippen LogP contribution in [0.25, 0.3) is 11.4 Å². The van der Waals surface area contributed by atoms with E-state index in [-0.39, 0.29) is 35.0 Å². The lowest BCUT2D eigenvalue weighted by Gasteiger charge is -2.13. The summed E-state index contributed by atoms with van der Waals surface area (Å²) in [5.74, 6) is -2.43. The summed E-state index contributed by atoms with van der Waals surface area (Å²) < 4.78 is 32.5. The first-order chi connectivity index (χ1) is 13.8. The molecule has 1 aromatic heterocycles. The van der Waals surface area contributed by atoms with Gasteiger partial charge in [-0.15, -0.1) is 0 Å². The van der Waals surface area contributed by atoms with Gasteiger partial charge in [0.15, 0.2) is 0 Å². The number of rotatable bonds is 6. The highest BCUT2D eigenvalue weighted by Gasteiger charge is 2.16.